The predicted molar refractivity (Wildman–Crippen MR) is 92.6 cm³/mol. The van der Waals surface area contributed by atoms with Crippen molar-refractivity contribution in [2.24, 2.45) is 10.9 Å². The summed E-state index contributed by atoms with van der Waals surface area (Å²) in [6.45, 7) is 4.53. The van der Waals surface area contributed by atoms with Crippen LogP contribution in [0, 0.1) is 5.92 Å². The maximum absolute atomic E-state index is 11.0. The lowest BCUT2D eigenvalue weighted by Crippen LogP contribution is -2.41. The summed E-state index contributed by atoms with van der Waals surface area (Å²) in [5, 5.41) is 6.31. The quantitative estimate of drug-likeness (QED) is 0.321. The van der Waals surface area contributed by atoms with Crippen LogP contribution >= 0.6 is 0 Å². The van der Waals surface area contributed by atoms with Crippen LogP contribution in [0.1, 0.15) is 51.9 Å². The van der Waals surface area contributed by atoms with E-state index in [9.17, 15) is 8.42 Å². The molecule has 7 heteroatoms. The Morgan fingerprint density at radius 1 is 1.14 bits per heavy atom. The lowest BCUT2D eigenvalue weighted by molar-refractivity contribution is 0.475. The standard InChI is InChI=1S/C15H32N4O2S/c1-3-16-15(18-12-13-19-22(2,20)21)17-11-7-6-10-14-8-4-5-9-14/h14,19H,3-13H2,1-2H3,(H2,16,17,18). The molecule has 0 unspecified atom stereocenters. The molecule has 1 saturated carbocycles. The Kier molecular flexibility index (Phi) is 9.47. The van der Waals surface area contributed by atoms with E-state index in [0.717, 1.165) is 37.6 Å². The molecule has 0 aromatic rings. The van der Waals surface area contributed by atoms with Gasteiger partial charge in [0.2, 0.25) is 10.0 Å². The first-order valence-electron chi connectivity index (χ1n) is 8.48. The molecular formula is C15H32N4O2S. The van der Waals surface area contributed by atoms with Gasteiger partial charge in [-0.25, -0.2) is 13.1 Å². The summed E-state index contributed by atoms with van der Waals surface area (Å²) in [7, 11) is -3.12. The van der Waals surface area contributed by atoms with Crippen LogP contribution < -0.4 is 15.4 Å². The Balaban J connectivity index is 2.14. The molecular weight excluding hydrogens is 300 g/mol. The Bertz CT molecular complexity index is 417. The molecule has 0 atom stereocenters. The molecule has 0 spiro atoms. The van der Waals surface area contributed by atoms with E-state index >= 15 is 0 Å². The first-order valence-corrected chi connectivity index (χ1v) is 10.4. The largest absolute Gasteiger partial charge is 0.357 e. The van der Waals surface area contributed by atoms with Crippen LogP contribution in [0.3, 0.4) is 0 Å². The first kappa shape index (κ1) is 19.2. The summed E-state index contributed by atoms with van der Waals surface area (Å²) >= 11 is 0. The van der Waals surface area contributed by atoms with Crippen molar-refractivity contribution in [3.05, 3.63) is 0 Å². The van der Waals surface area contributed by atoms with Gasteiger partial charge in [0.15, 0.2) is 5.96 Å². The molecule has 0 radical (unpaired) electrons. The summed E-state index contributed by atoms with van der Waals surface area (Å²) in [5.74, 6) is 1.72. The highest BCUT2D eigenvalue weighted by Crippen LogP contribution is 2.28. The molecule has 22 heavy (non-hydrogen) atoms. The minimum Gasteiger partial charge on any atom is -0.357 e. The SMILES string of the molecule is CCNC(=NCCCCC1CCCC1)NCCNS(C)(=O)=O. The Labute approximate surface area is 135 Å². The van der Waals surface area contributed by atoms with E-state index in [1.54, 1.807) is 0 Å². The third-order valence-electron chi connectivity index (χ3n) is 3.89. The molecule has 1 aliphatic carbocycles. The molecule has 0 saturated heterocycles. The highest BCUT2D eigenvalue weighted by Gasteiger charge is 2.13. The van der Waals surface area contributed by atoms with E-state index in [1.165, 1.54) is 38.5 Å². The molecule has 0 aromatic carbocycles. The van der Waals surface area contributed by atoms with Crippen molar-refractivity contribution in [1.29, 1.82) is 0 Å². The van der Waals surface area contributed by atoms with Gasteiger partial charge in [-0.2, -0.15) is 0 Å². The van der Waals surface area contributed by atoms with E-state index < -0.39 is 10.0 Å². The number of hydrogen-bond acceptors (Lipinski definition) is 3. The van der Waals surface area contributed by atoms with Gasteiger partial charge in [-0.1, -0.05) is 38.5 Å². The van der Waals surface area contributed by atoms with Crippen LogP contribution in [0.15, 0.2) is 4.99 Å². The van der Waals surface area contributed by atoms with E-state index in [-0.39, 0.29) is 0 Å². The van der Waals surface area contributed by atoms with E-state index in [1.807, 2.05) is 6.92 Å². The van der Waals surface area contributed by atoms with Gasteiger partial charge in [-0.15, -0.1) is 0 Å². The second kappa shape index (κ2) is 10.8. The molecule has 0 aliphatic heterocycles. The Hall–Kier alpha value is -0.820. The zero-order chi connectivity index (χ0) is 16.3. The molecule has 0 amide bonds. The molecule has 3 N–H and O–H groups in total. The van der Waals surface area contributed by atoms with Crippen LogP contribution in [-0.4, -0.2) is 46.8 Å². The lowest BCUT2D eigenvalue weighted by Gasteiger charge is -2.11. The number of aliphatic imine (C=N–C) groups is 1. The number of hydrogen-bond donors (Lipinski definition) is 3. The van der Waals surface area contributed by atoms with Crippen LogP contribution in [-0.2, 0) is 10.0 Å². The average Bonchev–Trinajstić information content (AvgIpc) is 2.95. The summed E-state index contributed by atoms with van der Waals surface area (Å²) in [6.07, 6.45) is 10.5. The van der Waals surface area contributed by atoms with Gasteiger partial charge in [-0.05, 0) is 19.3 Å². The van der Waals surface area contributed by atoms with Crippen molar-refractivity contribution in [2.75, 3.05) is 32.4 Å². The van der Waals surface area contributed by atoms with Gasteiger partial charge in [-0.3, -0.25) is 4.99 Å². The Morgan fingerprint density at radius 3 is 2.50 bits per heavy atom. The molecule has 0 heterocycles. The van der Waals surface area contributed by atoms with Gasteiger partial charge in [0.1, 0.15) is 0 Å². The van der Waals surface area contributed by atoms with Gasteiger partial charge in [0.05, 0.1) is 6.26 Å². The van der Waals surface area contributed by atoms with Crippen LogP contribution in [0.2, 0.25) is 0 Å². The smallest absolute Gasteiger partial charge is 0.208 e. The van der Waals surface area contributed by atoms with Crippen molar-refractivity contribution in [1.82, 2.24) is 15.4 Å². The van der Waals surface area contributed by atoms with E-state index in [2.05, 4.69) is 20.3 Å². The van der Waals surface area contributed by atoms with E-state index in [4.69, 9.17) is 0 Å². The molecule has 0 bridgehead atoms. The Morgan fingerprint density at radius 2 is 1.86 bits per heavy atom. The van der Waals surface area contributed by atoms with Crippen molar-refractivity contribution in [3.63, 3.8) is 0 Å². The monoisotopic (exact) mass is 332 g/mol. The fraction of sp³-hybridized carbons (Fsp3) is 0.933. The highest BCUT2D eigenvalue weighted by molar-refractivity contribution is 7.88. The second-order valence-electron chi connectivity index (χ2n) is 6.00. The van der Waals surface area contributed by atoms with Crippen molar-refractivity contribution in [2.45, 2.75) is 51.9 Å². The zero-order valence-corrected chi connectivity index (χ0v) is 14.8. The maximum atomic E-state index is 11.0. The number of nitrogens with zero attached hydrogens (tertiary/aromatic N) is 1. The summed E-state index contributed by atoms with van der Waals surface area (Å²) < 4.78 is 24.4. The minimum atomic E-state index is -3.12. The van der Waals surface area contributed by atoms with Crippen LogP contribution in [0.25, 0.3) is 0 Å². The second-order valence-corrected chi connectivity index (χ2v) is 7.83. The summed E-state index contributed by atoms with van der Waals surface area (Å²) in [6, 6.07) is 0. The molecule has 130 valence electrons. The van der Waals surface area contributed by atoms with Gasteiger partial charge in [0, 0.05) is 26.2 Å². The normalized spacial score (nSPS) is 16.9. The molecule has 1 aliphatic rings. The molecule has 1 fully saturated rings. The van der Waals surface area contributed by atoms with Crippen LogP contribution in [0.5, 0.6) is 0 Å². The van der Waals surface area contributed by atoms with Gasteiger partial charge in [0.25, 0.3) is 0 Å². The zero-order valence-electron chi connectivity index (χ0n) is 14.0. The van der Waals surface area contributed by atoms with Gasteiger partial charge < -0.3 is 10.6 Å². The highest BCUT2D eigenvalue weighted by atomic mass is 32.2. The number of nitrogens with one attached hydrogen (secondary N) is 3. The number of sulfonamides is 1. The molecule has 6 nitrogen and oxygen atoms in total. The van der Waals surface area contributed by atoms with Gasteiger partial charge >= 0.3 is 0 Å². The van der Waals surface area contributed by atoms with E-state index in [0.29, 0.717) is 13.1 Å². The number of guanidine groups is 1. The maximum Gasteiger partial charge on any atom is 0.208 e. The lowest BCUT2D eigenvalue weighted by atomic mass is 10.0. The van der Waals surface area contributed by atoms with Crippen molar-refractivity contribution >= 4 is 16.0 Å². The topological polar surface area (TPSA) is 82.6 Å². The first-order chi connectivity index (χ1) is 10.5. The molecule has 0 aromatic heterocycles. The summed E-state index contributed by atoms with van der Waals surface area (Å²) in [5.41, 5.74) is 0. The fourth-order valence-electron chi connectivity index (χ4n) is 2.79. The van der Waals surface area contributed by atoms with Crippen molar-refractivity contribution < 1.29 is 8.42 Å². The fourth-order valence-corrected chi connectivity index (χ4v) is 3.27. The average molecular weight is 333 g/mol. The third kappa shape index (κ3) is 10.00. The number of rotatable bonds is 10. The van der Waals surface area contributed by atoms with Crippen LogP contribution in [0.4, 0.5) is 0 Å². The number of unbranched alkanes of at least 4 members (excludes halogenated alkanes) is 1. The molecule has 1 rings (SSSR count). The van der Waals surface area contributed by atoms with Crippen molar-refractivity contribution in [3.8, 4) is 0 Å². The predicted octanol–water partition coefficient (Wildman–Crippen LogP) is 1.45. The minimum absolute atomic E-state index is 0.366. The summed E-state index contributed by atoms with van der Waals surface area (Å²) in [4.78, 5) is 4.53. The third-order valence-corrected chi connectivity index (χ3v) is 4.62.